The van der Waals surface area contributed by atoms with Crippen LogP contribution in [0.25, 0.3) is 6.08 Å². The first kappa shape index (κ1) is 20.7. The minimum absolute atomic E-state index is 0.0569. The lowest BCUT2D eigenvalue weighted by molar-refractivity contribution is -0.127. The Kier molecular flexibility index (Phi) is 6.35. The number of carbonyl (C=O) groups is 1. The summed E-state index contributed by atoms with van der Waals surface area (Å²) in [5, 5.41) is 7.36. The van der Waals surface area contributed by atoms with Gasteiger partial charge in [0.1, 0.15) is 18.0 Å². The maximum Gasteiger partial charge on any atom is 0.246 e. The van der Waals surface area contributed by atoms with Crippen LogP contribution in [0.4, 0.5) is 11.6 Å². The molecule has 1 aliphatic rings. The molecule has 4 heterocycles. The zero-order valence-electron chi connectivity index (χ0n) is 17.9. The SMILES string of the molecule is Cc1cccc(Nc2cc(CC3CCN(C(=O)/C=C/c4cnn(C)c4)CC3)ncn2)n1. The number of nitrogens with zero attached hydrogens (tertiary/aromatic N) is 6. The number of nitrogens with one attached hydrogen (secondary N) is 1. The van der Waals surface area contributed by atoms with Crippen molar-refractivity contribution in [1.82, 2.24) is 29.6 Å². The second-order valence-electron chi connectivity index (χ2n) is 7.94. The lowest BCUT2D eigenvalue weighted by Crippen LogP contribution is -2.38. The van der Waals surface area contributed by atoms with Gasteiger partial charge < -0.3 is 10.2 Å². The van der Waals surface area contributed by atoms with Gasteiger partial charge in [0.25, 0.3) is 0 Å². The molecule has 8 heteroatoms. The molecule has 1 fully saturated rings. The van der Waals surface area contributed by atoms with Crippen LogP contribution in [0.5, 0.6) is 0 Å². The molecular weight excluding hydrogens is 390 g/mol. The van der Waals surface area contributed by atoms with E-state index in [9.17, 15) is 4.79 Å². The number of likely N-dealkylation sites (tertiary alicyclic amines) is 1. The molecule has 0 aromatic carbocycles. The molecule has 3 aromatic heterocycles. The normalized spacial score (nSPS) is 14.8. The monoisotopic (exact) mass is 417 g/mol. The fourth-order valence-corrected chi connectivity index (χ4v) is 3.77. The molecule has 8 nitrogen and oxygen atoms in total. The lowest BCUT2D eigenvalue weighted by Gasteiger charge is -2.31. The summed E-state index contributed by atoms with van der Waals surface area (Å²) in [6.45, 7) is 3.50. The van der Waals surface area contributed by atoms with Crippen LogP contribution in [0.15, 0.2) is 49.1 Å². The van der Waals surface area contributed by atoms with Crippen LogP contribution in [0.2, 0.25) is 0 Å². The zero-order chi connectivity index (χ0) is 21.6. The number of amides is 1. The molecule has 0 atom stereocenters. The third kappa shape index (κ3) is 5.75. The summed E-state index contributed by atoms with van der Waals surface area (Å²) in [6.07, 6.45) is 11.5. The highest BCUT2D eigenvalue weighted by molar-refractivity contribution is 5.91. The van der Waals surface area contributed by atoms with E-state index < -0.39 is 0 Å². The van der Waals surface area contributed by atoms with E-state index in [0.717, 1.165) is 60.9 Å². The van der Waals surface area contributed by atoms with E-state index >= 15 is 0 Å². The van der Waals surface area contributed by atoms with Crippen LogP contribution >= 0.6 is 0 Å². The summed E-state index contributed by atoms with van der Waals surface area (Å²) in [5.74, 6) is 2.08. The number of aryl methyl sites for hydroxylation is 2. The molecule has 0 radical (unpaired) electrons. The van der Waals surface area contributed by atoms with Crippen LogP contribution in [-0.4, -0.2) is 48.6 Å². The average molecular weight is 418 g/mol. The molecule has 0 unspecified atom stereocenters. The van der Waals surface area contributed by atoms with Crippen molar-refractivity contribution in [2.75, 3.05) is 18.4 Å². The molecule has 0 bridgehead atoms. The first-order valence-corrected chi connectivity index (χ1v) is 10.5. The highest BCUT2D eigenvalue weighted by atomic mass is 16.2. The third-order valence-electron chi connectivity index (χ3n) is 5.44. The van der Waals surface area contributed by atoms with Crippen molar-refractivity contribution in [3.8, 4) is 0 Å². The average Bonchev–Trinajstić information content (AvgIpc) is 3.18. The topological polar surface area (TPSA) is 88.8 Å². The second kappa shape index (κ2) is 9.51. The Morgan fingerprint density at radius 1 is 1.23 bits per heavy atom. The van der Waals surface area contributed by atoms with Gasteiger partial charge in [-0.1, -0.05) is 6.07 Å². The van der Waals surface area contributed by atoms with Crippen LogP contribution in [-0.2, 0) is 18.3 Å². The number of carbonyl (C=O) groups excluding carboxylic acids is 1. The smallest absolute Gasteiger partial charge is 0.246 e. The molecule has 4 rings (SSSR count). The molecule has 0 spiro atoms. The molecule has 1 amide bonds. The first-order valence-electron chi connectivity index (χ1n) is 10.5. The largest absolute Gasteiger partial charge is 0.339 e. The van der Waals surface area contributed by atoms with E-state index in [0.29, 0.717) is 5.92 Å². The number of hydrogen-bond donors (Lipinski definition) is 1. The van der Waals surface area contributed by atoms with Crippen LogP contribution in [0.3, 0.4) is 0 Å². The van der Waals surface area contributed by atoms with Crippen molar-refractivity contribution < 1.29 is 4.79 Å². The third-order valence-corrected chi connectivity index (χ3v) is 5.44. The zero-order valence-corrected chi connectivity index (χ0v) is 17.9. The van der Waals surface area contributed by atoms with Crippen molar-refractivity contribution >= 4 is 23.6 Å². The van der Waals surface area contributed by atoms with E-state index in [-0.39, 0.29) is 5.91 Å². The summed E-state index contributed by atoms with van der Waals surface area (Å²) in [7, 11) is 1.86. The maximum absolute atomic E-state index is 12.5. The summed E-state index contributed by atoms with van der Waals surface area (Å²) in [6, 6.07) is 7.83. The second-order valence-corrected chi connectivity index (χ2v) is 7.94. The van der Waals surface area contributed by atoms with Crippen molar-refractivity contribution in [1.29, 1.82) is 0 Å². The van der Waals surface area contributed by atoms with Gasteiger partial charge in [-0.05, 0) is 50.3 Å². The minimum Gasteiger partial charge on any atom is -0.339 e. The van der Waals surface area contributed by atoms with Crippen molar-refractivity contribution in [3.63, 3.8) is 0 Å². The number of anilines is 2. The van der Waals surface area contributed by atoms with E-state index in [1.807, 2.05) is 55.4 Å². The quantitative estimate of drug-likeness (QED) is 0.620. The molecule has 1 aliphatic heterocycles. The van der Waals surface area contributed by atoms with Gasteiger partial charge >= 0.3 is 0 Å². The van der Waals surface area contributed by atoms with E-state index in [1.165, 1.54) is 0 Å². The predicted octanol–water partition coefficient (Wildman–Crippen LogP) is 3.15. The van der Waals surface area contributed by atoms with Gasteiger partial charge in [-0.15, -0.1) is 0 Å². The highest BCUT2D eigenvalue weighted by Crippen LogP contribution is 2.22. The Bertz CT molecular complexity index is 1070. The lowest BCUT2D eigenvalue weighted by atomic mass is 9.92. The molecule has 0 saturated carbocycles. The molecule has 31 heavy (non-hydrogen) atoms. The Morgan fingerprint density at radius 3 is 2.81 bits per heavy atom. The van der Waals surface area contributed by atoms with Gasteiger partial charge in [-0.25, -0.2) is 15.0 Å². The molecule has 160 valence electrons. The first-order chi connectivity index (χ1) is 15.0. The van der Waals surface area contributed by atoms with E-state index in [1.54, 1.807) is 23.3 Å². The number of pyridine rings is 1. The summed E-state index contributed by atoms with van der Waals surface area (Å²) in [5.41, 5.74) is 2.89. The van der Waals surface area contributed by atoms with E-state index in [2.05, 4.69) is 25.4 Å². The van der Waals surface area contributed by atoms with E-state index in [4.69, 9.17) is 0 Å². The standard InChI is InChI=1S/C23H27N7O/c1-17-4-3-5-21(27-17)28-22-13-20(24-16-25-22)12-18-8-10-30(11-9-18)23(31)7-6-19-14-26-29(2)15-19/h3-7,13-16,18H,8-12H2,1-2H3,(H,24,25,27,28)/b7-6+. The number of hydrogen-bond acceptors (Lipinski definition) is 6. The van der Waals surface area contributed by atoms with Crippen LogP contribution in [0, 0.1) is 12.8 Å². The Morgan fingerprint density at radius 2 is 2.06 bits per heavy atom. The summed E-state index contributed by atoms with van der Waals surface area (Å²) >= 11 is 0. The van der Waals surface area contributed by atoms with Crippen molar-refractivity contribution in [2.24, 2.45) is 13.0 Å². The predicted molar refractivity (Wildman–Crippen MR) is 120 cm³/mol. The van der Waals surface area contributed by atoms with Gasteiger partial charge in [-0.2, -0.15) is 5.10 Å². The number of piperidine rings is 1. The minimum atomic E-state index is 0.0569. The molecule has 0 aliphatic carbocycles. The molecular formula is C23H27N7O. The van der Waals surface area contributed by atoms with Gasteiger partial charge in [0.2, 0.25) is 5.91 Å². The maximum atomic E-state index is 12.5. The molecule has 1 N–H and O–H groups in total. The Labute approximate surface area is 182 Å². The highest BCUT2D eigenvalue weighted by Gasteiger charge is 2.22. The number of aromatic nitrogens is 5. The van der Waals surface area contributed by atoms with Crippen LogP contribution < -0.4 is 5.32 Å². The van der Waals surface area contributed by atoms with Gasteiger partial charge in [0, 0.05) is 55.4 Å². The van der Waals surface area contributed by atoms with Gasteiger partial charge in [0.05, 0.1) is 6.20 Å². The Balaban J connectivity index is 1.28. The fourth-order valence-electron chi connectivity index (χ4n) is 3.77. The van der Waals surface area contributed by atoms with Crippen LogP contribution in [0.1, 0.15) is 29.8 Å². The van der Waals surface area contributed by atoms with Crippen molar-refractivity contribution in [3.05, 3.63) is 66.0 Å². The fraction of sp³-hybridized carbons (Fsp3) is 0.348. The molecule has 3 aromatic rings. The van der Waals surface area contributed by atoms with Crippen molar-refractivity contribution in [2.45, 2.75) is 26.2 Å². The van der Waals surface area contributed by atoms with Gasteiger partial charge in [-0.3, -0.25) is 9.48 Å². The Hall–Kier alpha value is -3.55. The summed E-state index contributed by atoms with van der Waals surface area (Å²) < 4.78 is 1.72. The summed E-state index contributed by atoms with van der Waals surface area (Å²) in [4.78, 5) is 27.6. The molecule has 1 saturated heterocycles. The van der Waals surface area contributed by atoms with Gasteiger partial charge in [0.15, 0.2) is 0 Å². The number of rotatable bonds is 6.